The van der Waals surface area contributed by atoms with Gasteiger partial charge in [0.1, 0.15) is 15.8 Å². The normalized spacial score (nSPS) is 12.3. The van der Waals surface area contributed by atoms with Crippen LogP contribution in [0.25, 0.3) is 10.6 Å². The van der Waals surface area contributed by atoms with Crippen LogP contribution in [-0.2, 0) is 0 Å². The van der Waals surface area contributed by atoms with Gasteiger partial charge in [-0.2, -0.15) is 0 Å². The molecule has 0 spiro atoms. The largest absolute Gasteiger partial charge is 0.318 e. The highest BCUT2D eigenvalue weighted by Gasteiger charge is 2.15. The summed E-state index contributed by atoms with van der Waals surface area (Å²) in [5.41, 5.74) is 7.88. The van der Waals surface area contributed by atoms with Crippen LogP contribution >= 0.6 is 22.9 Å². The molecule has 6 heteroatoms. The molecule has 3 nitrogen and oxygen atoms in total. The molecule has 3 rings (SSSR count). The number of halogens is 2. The summed E-state index contributed by atoms with van der Waals surface area (Å²) in [5, 5.41) is 9.68. The first-order valence-corrected chi connectivity index (χ1v) is 7.44. The topological polar surface area (TPSA) is 51.8 Å². The summed E-state index contributed by atoms with van der Waals surface area (Å²) in [5.74, 6) is -0.453. The zero-order chi connectivity index (χ0) is 14.8. The maximum absolute atomic E-state index is 13.2. The number of hydrogen-bond donors (Lipinski definition) is 1. The van der Waals surface area contributed by atoms with E-state index in [1.165, 1.54) is 23.5 Å². The van der Waals surface area contributed by atoms with Gasteiger partial charge in [-0.1, -0.05) is 53.3 Å². The summed E-state index contributed by atoms with van der Waals surface area (Å²) in [6, 6.07) is 13.8. The first-order valence-electron chi connectivity index (χ1n) is 6.24. The maximum Gasteiger partial charge on any atom is 0.147 e. The molecule has 0 saturated heterocycles. The second kappa shape index (κ2) is 5.89. The second-order valence-corrected chi connectivity index (χ2v) is 5.88. The lowest BCUT2D eigenvalue weighted by molar-refractivity contribution is 0.628. The molecule has 0 aliphatic carbocycles. The molecule has 1 heterocycles. The highest BCUT2D eigenvalue weighted by atomic mass is 35.5. The molecule has 0 fully saturated rings. The summed E-state index contributed by atoms with van der Waals surface area (Å²) in [4.78, 5) is 0. The van der Waals surface area contributed by atoms with Gasteiger partial charge < -0.3 is 5.73 Å². The van der Waals surface area contributed by atoms with Crippen LogP contribution in [0.5, 0.6) is 0 Å². The Kier molecular flexibility index (Phi) is 3.96. The maximum atomic E-state index is 13.2. The number of rotatable bonds is 3. The number of nitrogens with zero attached hydrogens (tertiary/aromatic N) is 2. The van der Waals surface area contributed by atoms with Crippen LogP contribution in [0.4, 0.5) is 4.39 Å². The number of hydrogen-bond acceptors (Lipinski definition) is 4. The van der Waals surface area contributed by atoms with Crippen LogP contribution in [0.15, 0.2) is 48.5 Å². The third kappa shape index (κ3) is 2.95. The van der Waals surface area contributed by atoms with E-state index >= 15 is 0 Å². The van der Waals surface area contributed by atoms with Gasteiger partial charge in [-0.3, -0.25) is 0 Å². The molecule has 2 N–H and O–H groups in total. The molecule has 106 valence electrons. The standard InChI is InChI=1S/C15H11ClFN3S/c16-11-8-10(6-7-12(11)17)14-19-20-15(21-14)13(18)9-4-2-1-3-5-9/h1-8,13H,18H2. The zero-order valence-corrected chi connectivity index (χ0v) is 12.4. The minimum absolute atomic E-state index is 0.0663. The van der Waals surface area contributed by atoms with Crippen molar-refractivity contribution in [2.45, 2.75) is 6.04 Å². The molecule has 0 radical (unpaired) electrons. The predicted octanol–water partition coefficient (Wildman–Crippen LogP) is 4.05. The Balaban J connectivity index is 1.91. The van der Waals surface area contributed by atoms with Gasteiger partial charge in [0.05, 0.1) is 11.1 Å². The van der Waals surface area contributed by atoms with E-state index in [1.807, 2.05) is 30.3 Å². The van der Waals surface area contributed by atoms with E-state index in [-0.39, 0.29) is 11.1 Å². The Labute approximate surface area is 130 Å². The van der Waals surface area contributed by atoms with Crippen LogP contribution in [0.1, 0.15) is 16.6 Å². The average Bonchev–Trinajstić information content (AvgIpc) is 3.00. The SMILES string of the molecule is NC(c1ccccc1)c1nnc(-c2ccc(F)c(Cl)c2)s1. The van der Waals surface area contributed by atoms with Crippen molar-refractivity contribution in [1.29, 1.82) is 0 Å². The molecule has 0 bridgehead atoms. The van der Waals surface area contributed by atoms with Crippen LogP contribution in [-0.4, -0.2) is 10.2 Å². The van der Waals surface area contributed by atoms with E-state index in [0.717, 1.165) is 11.1 Å². The quantitative estimate of drug-likeness (QED) is 0.792. The van der Waals surface area contributed by atoms with E-state index in [2.05, 4.69) is 10.2 Å². The van der Waals surface area contributed by atoms with Crippen LogP contribution in [0, 0.1) is 5.82 Å². The van der Waals surface area contributed by atoms with Crippen molar-refractivity contribution in [1.82, 2.24) is 10.2 Å². The fraction of sp³-hybridized carbons (Fsp3) is 0.0667. The molecule has 21 heavy (non-hydrogen) atoms. The molecule has 0 saturated carbocycles. The fourth-order valence-electron chi connectivity index (χ4n) is 1.91. The van der Waals surface area contributed by atoms with Gasteiger partial charge in [0.2, 0.25) is 0 Å². The smallest absolute Gasteiger partial charge is 0.147 e. The van der Waals surface area contributed by atoms with Crippen molar-refractivity contribution in [2.24, 2.45) is 5.73 Å². The van der Waals surface area contributed by atoms with Crippen molar-refractivity contribution >= 4 is 22.9 Å². The highest BCUT2D eigenvalue weighted by Crippen LogP contribution is 2.30. The number of aromatic nitrogens is 2. The molecular formula is C15H11ClFN3S. The van der Waals surface area contributed by atoms with Gasteiger partial charge in [0.15, 0.2) is 0 Å². The highest BCUT2D eigenvalue weighted by molar-refractivity contribution is 7.14. The summed E-state index contributed by atoms with van der Waals surface area (Å²) in [6.07, 6.45) is 0. The minimum Gasteiger partial charge on any atom is -0.318 e. The van der Waals surface area contributed by atoms with Gasteiger partial charge in [-0.15, -0.1) is 10.2 Å². The molecule has 0 amide bonds. The van der Waals surface area contributed by atoms with E-state index in [0.29, 0.717) is 10.0 Å². The average molecular weight is 320 g/mol. The second-order valence-electron chi connectivity index (χ2n) is 4.46. The van der Waals surface area contributed by atoms with Crippen LogP contribution in [0.2, 0.25) is 5.02 Å². The summed E-state index contributed by atoms with van der Waals surface area (Å²) >= 11 is 7.16. The molecule has 1 unspecified atom stereocenters. The van der Waals surface area contributed by atoms with Crippen LogP contribution < -0.4 is 5.73 Å². The summed E-state index contributed by atoms with van der Waals surface area (Å²) in [7, 11) is 0. The first kappa shape index (κ1) is 14.1. The lowest BCUT2D eigenvalue weighted by atomic mass is 10.1. The lowest BCUT2D eigenvalue weighted by Gasteiger charge is -2.06. The zero-order valence-electron chi connectivity index (χ0n) is 10.8. The fourth-order valence-corrected chi connectivity index (χ4v) is 2.96. The van der Waals surface area contributed by atoms with E-state index < -0.39 is 5.82 Å². The first-order chi connectivity index (χ1) is 10.1. The Bertz CT molecular complexity index is 761. The Morgan fingerprint density at radius 2 is 1.86 bits per heavy atom. The van der Waals surface area contributed by atoms with E-state index in [9.17, 15) is 4.39 Å². The molecule has 1 aromatic heterocycles. The summed E-state index contributed by atoms with van der Waals surface area (Å²) < 4.78 is 13.2. The third-order valence-electron chi connectivity index (χ3n) is 3.03. The van der Waals surface area contributed by atoms with Gasteiger partial charge in [0.25, 0.3) is 0 Å². The van der Waals surface area contributed by atoms with Gasteiger partial charge in [-0.25, -0.2) is 4.39 Å². The predicted molar refractivity (Wildman–Crippen MR) is 82.8 cm³/mol. The summed E-state index contributed by atoms with van der Waals surface area (Å²) in [6.45, 7) is 0. The lowest BCUT2D eigenvalue weighted by Crippen LogP contribution is -2.11. The van der Waals surface area contributed by atoms with Crippen molar-refractivity contribution in [3.8, 4) is 10.6 Å². The van der Waals surface area contributed by atoms with E-state index in [4.69, 9.17) is 17.3 Å². The van der Waals surface area contributed by atoms with E-state index in [1.54, 1.807) is 6.07 Å². The minimum atomic E-state index is -0.453. The Morgan fingerprint density at radius 3 is 2.57 bits per heavy atom. The van der Waals surface area contributed by atoms with Gasteiger partial charge in [0, 0.05) is 5.56 Å². The van der Waals surface area contributed by atoms with Gasteiger partial charge >= 0.3 is 0 Å². The van der Waals surface area contributed by atoms with Crippen molar-refractivity contribution in [3.63, 3.8) is 0 Å². The Hall–Kier alpha value is -1.82. The monoisotopic (exact) mass is 319 g/mol. The molecule has 3 aromatic rings. The number of benzene rings is 2. The number of nitrogens with two attached hydrogens (primary N) is 1. The van der Waals surface area contributed by atoms with Crippen molar-refractivity contribution in [3.05, 3.63) is 69.9 Å². The molecule has 0 aliphatic heterocycles. The third-order valence-corrected chi connectivity index (χ3v) is 4.38. The van der Waals surface area contributed by atoms with Crippen molar-refractivity contribution < 1.29 is 4.39 Å². The molecule has 1 atom stereocenters. The Morgan fingerprint density at radius 1 is 1.10 bits per heavy atom. The van der Waals surface area contributed by atoms with Gasteiger partial charge in [-0.05, 0) is 23.8 Å². The van der Waals surface area contributed by atoms with Crippen molar-refractivity contribution in [2.75, 3.05) is 0 Å². The van der Waals surface area contributed by atoms with Crippen LogP contribution in [0.3, 0.4) is 0 Å². The molecular weight excluding hydrogens is 309 g/mol. The molecule has 2 aromatic carbocycles. The molecule has 0 aliphatic rings.